The van der Waals surface area contributed by atoms with Crippen LogP contribution in [0.1, 0.15) is 45.1 Å². The highest BCUT2D eigenvalue weighted by atomic mass is 19.1. The summed E-state index contributed by atoms with van der Waals surface area (Å²) < 4.78 is 17.8. The molecule has 27 heavy (non-hydrogen) atoms. The molecule has 1 aliphatic rings. The van der Waals surface area contributed by atoms with Gasteiger partial charge >= 0.3 is 5.97 Å². The number of hydrogen-bond acceptors (Lipinski definition) is 4. The van der Waals surface area contributed by atoms with Crippen molar-refractivity contribution in [3.63, 3.8) is 0 Å². The number of amides is 1. The summed E-state index contributed by atoms with van der Waals surface area (Å²) in [5.74, 6) is 0.00468. The highest BCUT2D eigenvalue weighted by molar-refractivity contribution is 5.77. The Morgan fingerprint density at radius 1 is 1.19 bits per heavy atom. The zero-order chi connectivity index (χ0) is 19.8. The van der Waals surface area contributed by atoms with Crippen molar-refractivity contribution in [2.45, 2.75) is 52.1 Å². The fourth-order valence-corrected chi connectivity index (χ4v) is 3.59. The van der Waals surface area contributed by atoms with Gasteiger partial charge in [0.1, 0.15) is 5.82 Å². The van der Waals surface area contributed by atoms with Crippen LogP contribution in [0.5, 0.6) is 0 Å². The Labute approximate surface area is 161 Å². The van der Waals surface area contributed by atoms with E-state index < -0.39 is 0 Å². The molecule has 1 aliphatic heterocycles. The number of nitrogens with zero attached hydrogens (tertiary/aromatic N) is 2. The van der Waals surface area contributed by atoms with E-state index in [2.05, 4.69) is 23.5 Å². The number of methoxy groups -OCH3 is 1. The van der Waals surface area contributed by atoms with Crippen LogP contribution in [0.4, 0.5) is 4.39 Å². The lowest BCUT2D eigenvalue weighted by Crippen LogP contribution is -2.45. The van der Waals surface area contributed by atoms with Crippen LogP contribution >= 0.6 is 0 Å². The minimum Gasteiger partial charge on any atom is -0.469 e. The molecule has 1 aromatic rings. The standard InChI is InChI=1S/C21H31FN2O3/c1-16(2)19-15-24(20(25)6-4-7-21(26)27-3)13-5-12-23(19)14-17-8-10-18(22)11-9-17/h8-11,16,19H,4-7,12-15H2,1-3H3. The lowest BCUT2D eigenvalue weighted by molar-refractivity contribution is -0.140. The average Bonchev–Trinajstić information content (AvgIpc) is 2.86. The molecule has 1 aromatic carbocycles. The van der Waals surface area contributed by atoms with Crippen LogP contribution in [0.2, 0.25) is 0 Å². The summed E-state index contributed by atoms with van der Waals surface area (Å²) in [5, 5.41) is 0. The van der Waals surface area contributed by atoms with Crippen molar-refractivity contribution < 1.29 is 18.7 Å². The van der Waals surface area contributed by atoms with E-state index in [4.69, 9.17) is 0 Å². The van der Waals surface area contributed by atoms with E-state index in [1.54, 1.807) is 0 Å². The van der Waals surface area contributed by atoms with Crippen molar-refractivity contribution in [2.24, 2.45) is 5.92 Å². The lowest BCUT2D eigenvalue weighted by atomic mass is 10.0. The maximum absolute atomic E-state index is 13.2. The molecule has 2 rings (SSSR count). The second-order valence-corrected chi connectivity index (χ2v) is 7.53. The topological polar surface area (TPSA) is 49.9 Å². The predicted octanol–water partition coefficient (Wildman–Crippen LogP) is 3.23. The van der Waals surface area contributed by atoms with Crippen LogP contribution < -0.4 is 0 Å². The van der Waals surface area contributed by atoms with Gasteiger partial charge in [-0.05, 0) is 36.5 Å². The Morgan fingerprint density at radius 2 is 1.89 bits per heavy atom. The van der Waals surface area contributed by atoms with Crippen molar-refractivity contribution >= 4 is 11.9 Å². The molecule has 0 N–H and O–H groups in total. The maximum Gasteiger partial charge on any atom is 0.305 e. The van der Waals surface area contributed by atoms with Crippen molar-refractivity contribution in [1.29, 1.82) is 0 Å². The van der Waals surface area contributed by atoms with E-state index in [1.165, 1.54) is 19.2 Å². The number of ether oxygens (including phenoxy) is 1. The third kappa shape index (κ3) is 6.61. The highest BCUT2D eigenvalue weighted by Crippen LogP contribution is 2.21. The van der Waals surface area contributed by atoms with Crippen LogP contribution in [-0.2, 0) is 20.9 Å². The molecule has 1 amide bonds. The minimum absolute atomic E-state index is 0.105. The first-order chi connectivity index (χ1) is 12.9. The molecule has 0 aliphatic carbocycles. The van der Waals surface area contributed by atoms with Gasteiger partial charge in [0.15, 0.2) is 0 Å². The quantitative estimate of drug-likeness (QED) is 0.684. The van der Waals surface area contributed by atoms with Gasteiger partial charge in [0.25, 0.3) is 0 Å². The molecule has 1 fully saturated rings. The summed E-state index contributed by atoms with van der Waals surface area (Å²) in [6.45, 7) is 7.44. The summed E-state index contributed by atoms with van der Waals surface area (Å²) in [5.41, 5.74) is 1.08. The van der Waals surface area contributed by atoms with Gasteiger partial charge in [-0.3, -0.25) is 14.5 Å². The molecule has 5 nitrogen and oxygen atoms in total. The third-order valence-electron chi connectivity index (χ3n) is 5.17. The van der Waals surface area contributed by atoms with Crippen molar-refractivity contribution in [2.75, 3.05) is 26.7 Å². The van der Waals surface area contributed by atoms with Crippen molar-refractivity contribution in [3.8, 4) is 0 Å². The van der Waals surface area contributed by atoms with Crippen LogP contribution in [0.15, 0.2) is 24.3 Å². The van der Waals surface area contributed by atoms with Gasteiger partial charge in [0.2, 0.25) is 5.91 Å². The highest BCUT2D eigenvalue weighted by Gasteiger charge is 2.29. The van der Waals surface area contributed by atoms with Gasteiger partial charge < -0.3 is 9.64 Å². The molecule has 0 bridgehead atoms. The first-order valence-corrected chi connectivity index (χ1v) is 9.73. The molecule has 0 radical (unpaired) electrons. The summed E-state index contributed by atoms with van der Waals surface area (Å²) in [6, 6.07) is 6.89. The molecule has 1 unspecified atom stereocenters. The number of benzene rings is 1. The zero-order valence-electron chi connectivity index (χ0n) is 16.6. The second-order valence-electron chi connectivity index (χ2n) is 7.53. The Bertz CT molecular complexity index is 618. The van der Waals surface area contributed by atoms with E-state index in [9.17, 15) is 14.0 Å². The van der Waals surface area contributed by atoms with Gasteiger partial charge in [0, 0.05) is 45.1 Å². The number of hydrogen-bond donors (Lipinski definition) is 0. The number of carbonyl (C=O) groups is 2. The number of carbonyl (C=O) groups excluding carboxylic acids is 2. The normalized spacial score (nSPS) is 18.4. The summed E-state index contributed by atoms with van der Waals surface area (Å²) in [6.07, 6.45) is 2.08. The summed E-state index contributed by atoms with van der Waals surface area (Å²) in [7, 11) is 1.36. The number of esters is 1. The first-order valence-electron chi connectivity index (χ1n) is 9.73. The van der Waals surface area contributed by atoms with Crippen LogP contribution in [0.25, 0.3) is 0 Å². The SMILES string of the molecule is COC(=O)CCCC(=O)N1CCCN(Cc2ccc(F)cc2)C(C(C)C)C1. The Hall–Kier alpha value is -1.95. The Balaban J connectivity index is 1.97. The van der Waals surface area contributed by atoms with Crippen LogP contribution in [0, 0.1) is 11.7 Å². The van der Waals surface area contributed by atoms with Gasteiger partial charge in [-0.1, -0.05) is 26.0 Å². The molecular formula is C21H31FN2O3. The fraction of sp³-hybridized carbons (Fsp3) is 0.619. The van der Waals surface area contributed by atoms with Crippen LogP contribution in [-0.4, -0.2) is 54.5 Å². The van der Waals surface area contributed by atoms with E-state index >= 15 is 0 Å². The van der Waals surface area contributed by atoms with Gasteiger partial charge in [-0.15, -0.1) is 0 Å². The molecule has 1 atom stereocenters. The number of rotatable bonds is 7. The van der Waals surface area contributed by atoms with E-state index in [0.717, 1.165) is 31.6 Å². The third-order valence-corrected chi connectivity index (χ3v) is 5.17. The molecule has 0 spiro atoms. The molecule has 0 aromatic heterocycles. The molecular weight excluding hydrogens is 347 g/mol. The van der Waals surface area contributed by atoms with E-state index in [1.807, 2.05) is 17.0 Å². The predicted molar refractivity (Wildman–Crippen MR) is 103 cm³/mol. The fourth-order valence-electron chi connectivity index (χ4n) is 3.59. The summed E-state index contributed by atoms with van der Waals surface area (Å²) >= 11 is 0. The van der Waals surface area contributed by atoms with Crippen molar-refractivity contribution in [1.82, 2.24) is 9.80 Å². The molecule has 0 saturated carbocycles. The lowest BCUT2D eigenvalue weighted by Gasteiger charge is -2.34. The molecule has 150 valence electrons. The van der Waals surface area contributed by atoms with Crippen molar-refractivity contribution in [3.05, 3.63) is 35.6 Å². The minimum atomic E-state index is -0.274. The number of halogens is 1. The smallest absolute Gasteiger partial charge is 0.305 e. The Morgan fingerprint density at radius 3 is 2.52 bits per heavy atom. The van der Waals surface area contributed by atoms with Crippen LogP contribution in [0.3, 0.4) is 0 Å². The van der Waals surface area contributed by atoms with E-state index in [0.29, 0.717) is 25.3 Å². The molecule has 1 heterocycles. The van der Waals surface area contributed by atoms with Gasteiger partial charge in [0.05, 0.1) is 7.11 Å². The summed E-state index contributed by atoms with van der Waals surface area (Å²) in [4.78, 5) is 28.2. The maximum atomic E-state index is 13.2. The monoisotopic (exact) mass is 378 g/mol. The van der Waals surface area contributed by atoms with Gasteiger partial charge in [-0.25, -0.2) is 4.39 Å². The zero-order valence-corrected chi connectivity index (χ0v) is 16.6. The van der Waals surface area contributed by atoms with E-state index in [-0.39, 0.29) is 30.2 Å². The molecule has 6 heteroatoms. The largest absolute Gasteiger partial charge is 0.469 e. The molecule has 1 saturated heterocycles. The first kappa shape index (κ1) is 21.4. The van der Waals surface area contributed by atoms with Gasteiger partial charge in [-0.2, -0.15) is 0 Å². The Kier molecular flexibility index (Phi) is 8.23. The average molecular weight is 378 g/mol. The second kappa shape index (κ2) is 10.4.